The topological polar surface area (TPSA) is 92.9 Å². The minimum absolute atomic E-state index is 0.0440. The van der Waals surface area contributed by atoms with Gasteiger partial charge in [0.2, 0.25) is 0 Å². The molecule has 0 aliphatic heterocycles. The van der Waals surface area contributed by atoms with Crippen LogP contribution in [0.4, 0.5) is 24.5 Å². The SMILES string of the molecule is Cc1ccc(C(=O)Nc2cc(NCCN(C)C)c(C)c(C(F)(F)F)c2)cc1-n1cc(-c2cnn(C)c2C)nn1. The second-order valence-corrected chi connectivity index (χ2v) is 9.70. The number of amides is 1. The van der Waals surface area contributed by atoms with Crippen LogP contribution in [0.25, 0.3) is 16.9 Å². The van der Waals surface area contributed by atoms with Crippen molar-refractivity contribution in [2.24, 2.45) is 7.05 Å². The fourth-order valence-electron chi connectivity index (χ4n) is 4.13. The first-order valence-corrected chi connectivity index (χ1v) is 12.3. The van der Waals surface area contributed by atoms with Crippen LogP contribution in [0, 0.1) is 20.8 Å². The summed E-state index contributed by atoms with van der Waals surface area (Å²) in [5.41, 5.74) is 3.74. The summed E-state index contributed by atoms with van der Waals surface area (Å²) in [6, 6.07) is 7.48. The summed E-state index contributed by atoms with van der Waals surface area (Å²) in [6.45, 7) is 6.29. The molecule has 2 heterocycles. The van der Waals surface area contributed by atoms with Crippen LogP contribution in [0.2, 0.25) is 0 Å². The lowest BCUT2D eigenvalue weighted by atomic mass is 10.0. The molecule has 0 fully saturated rings. The second-order valence-electron chi connectivity index (χ2n) is 9.70. The molecule has 0 saturated heterocycles. The van der Waals surface area contributed by atoms with Gasteiger partial charge in [0.05, 0.1) is 23.6 Å². The van der Waals surface area contributed by atoms with E-state index in [1.807, 2.05) is 39.9 Å². The Kier molecular flexibility index (Phi) is 7.77. The minimum Gasteiger partial charge on any atom is -0.383 e. The molecular formula is C27H31F3N8O. The van der Waals surface area contributed by atoms with Crippen molar-refractivity contribution in [3.63, 3.8) is 0 Å². The quantitative estimate of drug-likeness (QED) is 0.332. The summed E-state index contributed by atoms with van der Waals surface area (Å²) in [5, 5.41) is 18.4. The van der Waals surface area contributed by atoms with Crippen LogP contribution in [0.5, 0.6) is 0 Å². The van der Waals surface area contributed by atoms with Crippen molar-refractivity contribution >= 4 is 17.3 Å². The Bertz CT molecular complexity index is 1500. The summed E-state index contributed by atoms with van der Waals surface area (Å²) in [4.78, 5) is 15.1. The van der Waals surface area contributed by atoms with Gasteiger partial charge in [-0.1, -0.05) is 11.3 Å². The Hall–Kier alpha value is -4.19. The van der Waals surface area contributed by atoms with Crippen LogP contribution >= 0.6 is 0 Å². The van der Waals surface area contributed by atoms with Gasteiger partial charge in [-0.25, -0.2) is 4.68 Å². The number of anilines is 2. The number of hydrogen-bond donors (Lipinski definition) is 2. The fraction of sp³-hybridized carbons (Fsp3) is 0.333. The van der Waals surface area contributed by atoms with Gasteiger partial charge in [0.15, 0.2) is 0 Å². The van der Waals surface area contributed by atoms with Gasteiger partial charge in [-0.15, -0.1) is 5.10 Å². The van der Waals surface area contributed by atoms with Gasteiger partial charge in [0.1, 0.15) is 5.69 Å². The van der Waals surface area contributed by atoms with Crippen molar-refractivity contribution in [3.05, 3.63) is 70.7 Å². The van der Waals surface area contributed by atoms with Crippen LogP contribution in [-0.4, -0.2) is 62.8 Å². The molecule has 12 heteroatoms. The number of halogens is 3. The van der Waals surface area contributed by atoms with Crippen LogP contribution < -0.4 is 10.6 Å². The van der Waals surface area contributed by atoms with Crippen molar-refractivity contribution in [2.75, 3.05) is 37.8 Å². The Labute approximate surface area is 224 Å². The van der Waals surface area contributed by atoms with E-state index in [2.05, 4.69) is 26.0 Å². The van der Waals surface area contributed by atoms with E-state index in [9.17, 15) is 18.0 Å². The number of carbonyl (C=O) groups excluding carboxylic acids is 1. The van der Waals surface area contributed by atoms with E-state index in [0.717, 1.165) is 22.9 Å². The first-order chi connectivity index (χ1) is 18.3. The lowest BCUT2D eigenvalue weighted by molar-refractivity contribution is -0.138. The summed E-state index contributed by atoms with van der Waals surface area (Å²) in [5.74, 6) is -0.545. The van der Waals surface area contributed by atoms with Crippen LogP contribution in [0.15, 0.2) is 42.7 Å². The molecule has 0 spiro atoms. The minimum atomic E-state index is -4.57. The normalized spacial score (nSPS) is 11.7. The zero-order chi connectivity index (χ0) is 28.5. The second kappa shape index (κ2) is 10.9. The van der Waals surface area contributed by atoms with Crippen molar-refractivity contribution in [2.45, 2.75) is 26.9 Å². The third kappa shape index (κ3) is 6.11. The first kappa shape index (κ1) is 27.8. The number of benzene rings is 2. The van der Waals surface area contributed by atoms with E-state index in [1.165, 1.54) is 13.0 Å². The van der Waals surface area contributed by atoms with Gasteiger partial charge in [-0.3, -0.25) is 9.48 Å². The van der Waals surface area contributed by atoms with Crippen LogP contribution in [-0.2, 0) is 13.2 Å². The predicted molar refractivity (Wildman–Crippen MR) is 144 cm³/mol. The summed E-state index contributed by atoms with van der Waals surface area (Å²) < 4.78 is 44.7. The molecule has 0 saturated carbocycles. The van der Waals surface area contributed by atoms with E-state index in [1.54, 1.807) is 40.0 Å². The maximum Gasteiger partial charge on any atom is 0.416 e. The van der Waals surface area contributed by atoms with Gasteiger partial charge < -0.3 is 15.5 Å². The van der Waals surface area contributed by atoms with E-state index < -0.39 is 17.6 Å². The van der Waals surface area contributed by atoms with Gasteiger partial charge in [0.25, 0.3) is 5.91 Å². The number of aryl methyl sites for hydroxylation is 2. The van der Waals surface area contributed by atoms with Gasteiger partial charge in [-0.05, 0) is 70.3 Å². The monoisotopic (exact) mass is 540 g/mol. The molecule has 0 aliphatic rings. The average molecular weight is 541 g/mol. The Morgan fingerprint density at radius 1 is 1.10 bits per heavy atom. The van der Waals surface area contributed by atoms with E-state index >= 15 is 0 Å². The summed E-state index contributed by atoms with van der Waals surface area (Å²) >= 11 is 0. The standard InChI is InChI=1S/C27H31F3N8O/c1-16-7-8-19(11-25(16)38-15-24(34-35-38)21-14-32-37(6)18(21)3)26(39)33-20-12-22(27(28,29)30)17(2)23(13-20)31-9-10-36(4)5/h7-8,11-15,31H,9-10H2,1-6H3,(H,33,39). The maximum absolute atomic E-state index is 13.8. The molecule has 1 amide bonds. The zero-order valence-electron chi connectivity index (χ0n) is 22.7. The Morgan fingerprint density at radius 2 is 1.85 bits per heavy atom. The summed E-state index contributed by atoms with van der Waals surface area (Å²) in [7, 11) is 5.59. The molecule has 4 rings (SSSR count). The van der Waals surface area contributed by atoms with E-state index in [0.29, 0.717) is 30.2 Å². The Morgan fingerprint density at radius 3 is 2.49 bits per heavy atom. The van der Waals surface area contributed by atoms with Crippen molar-refractivity contribution in [1.29, 1.82) is 0 Å². The molecule has 206 valence electrons. The number of hydrogen-bond acceptors (Lipinski definition) is 6. The molecule has 39 heavy (non-hydrogen) atoms. The highest BCUT2D eigenvalue weighted by Gasteiger charge is 2.34. The highest BCUT2D eigenvalue weighted by atomic mass is 19.4. The van der Waals surface area contributed by atoms with Crippen molar-refractivity contribution in [1.82, 2.24) is 29.7 Å². The molecule has 0 aliphatic carbocycles. The number of likely N-dealkylation sites (N-methyl/N-ethyl adjacent to an activating group) is 1. The molecule has 0 bridgehead atoms. The van der Waals surface area contributed by atoms with E-state index in [4.69, 9.17) is 0 Å². The molecule has 2 N–H and O–H groups in total. The molecular weight excluding hydrogens is 509 g/mol. The number of rotatable bonds is 8. The molecule has 0 atom stereocenters. The van der Waals surface area contributed by atoms with Gasteiger partial charge >= 0.3 is 6.18 Å². The zero-order valence-corrected chi connectivity index (χ0v) is 22.7. The van der Waals surface area contributed by atoms with Crippen molar-refractivity contribution < 1.29 is 18.0 Å². The van der Waals surface area contributed by atoms with Gasteiger partial charge in [-0.2, -0.15) is 18.3 Å². The smallest absolute Gasteiger partial charge is 0.383 e. The molecule has 2 aromatic heterocycles. The molecule has 0 radical (unpaired) electrons. The highest BCUT2D eigenvalue weighted by molar-refractivity contribution is 6.05. The van der Waals surface area contributed by atoms with Crippen LogP contribution in [0.1, 0.15) is 32.7 Å². The van der Waals surface area contributed by atoms with Gasteiger partial charge in [0, 0.05) is 48.3 Å². The number of carbonyl (C=O) groups is 1. The number of nitrogens with zero attached hydrogens (tertiary/aromatic N) is 6. The van der Waals surface area contributed by atoms with Crippen LogP contribution in [0.3, 0.4) is 0 Å². The highest BCUT2D eigenvalue weighted by Crippen LogP contribution is 2.37. The summed E-state index contributed by atoms with van der Waals surface area (Å²) in [6.07, 6.45) is -1.12. The fourth-order valence-corrected chi connectivity index (χ4v) is 4.13. The maximum atomic E-state index is 13.8. The largest absolute Gasteiger partial charge is 0.416 e. The third-order valence-corrected chi connectivity index (χ3v) is 6.57. The predicted octanol–water partition coefficient (Wildman–Crippen LogP) is 4.84. The van der Waals surface area contributed by atoms with E-state index in [-0.39, 0.29) is 16.8 Å². The first-order valence-electron chi connectivity index (χ1n) is 12.3. The molecule has 2 aromatic carbocycles. The third-order valence-electron chi connectivity index (χ3n) is 6.57. The number of nitrogens with one attached hydrogen (secondary N) is 2. The Balaban J connectivity index is 1.62. The molecule has 4 aromatic rings. The number of alkyl halides is 3. The van der Waals surface area contributed by atoms with Crippen molar-refractivity contribution in [3.8, 4) is 16.9 Å². The number of aromatic nitrogens is 5. The molecule has 9 nitrogen and oxygen atoms in total. The average Bonchev–Trinajstić information content (AvgIpc) is 3.47. The molecule has 0 unspecified atom stereocenters. The lowest BCUT2D eigenvalue weighted by Gasteiger charge is -2.19. The lowest BCUT2D eigenvalue weighted by Crippen LogP contribution is -2.22.